The second kappa shape index (κ2) is 7.94. The van der Waals surface area contributed by atoms with E-state index in [9.17, 15) is 4.79 Å². The molecule has 2 aromatic rings. The van der Waals surface area contributed by atoms with Gasteiger partial charge >= 0.3 is 5.97 Å². The highest BCUT2D eigenvalue weighted by molar-refractivity contribution is 9.10. The van der Waals surface area contributed by atoms with Crippen LogP contribution in [-0.2, 0) is 16.1 Å². The van der Waals surface area contributed by atoms with E-state index < -0.39 is 0 Å². The largest absolute Gasteiger partial charge is 0.469 e. The maximum absolute atomic E-state index is 11.6. The van der Waals surface area contributed by atoms with Crippen molar-refractivity contribution in [1.29, 1.82) is 0 Å². The Hall–Kier alpha value is -0.880. The van der Waals surface area contributed by atoms with E-state index in [1.54, 1.807) is 11.3 Å². The molecular formula is C15H15BrClNO2S. The van der Waals surface area contributed by atoms with E-state index in [-0.39, 0.29) is 12.0 Å². The van der Waals surface area contributed by atoms with Gasteiger partial charge in [0.1, 0.15) is 0 Å². The summed E-state index contributed by atoms with van der Waals surface area (Å²) >= 11 is 11.2. The first kappa shape index (κ1) is 16.5. The van der Waals surface area contributed by atoms with Gasteiger partial charge in [0.05, 0.1) is 19.6 Å². The molecule has 6 heteroatoms. The Morgan fingerprint density at radius 1 is 1.48 bits per heavy atom. The van der Waals surface area contributed by atoms with Crippen LogP contribution in [0, 0.1) is 0 Å². The topological polar surface area (TPSA) is 38.3 Å². The van der Waals surface area contributed by atoms with Gasteiger partial charge in [-0.25, -0.2) is 0 Å². The first-order chi connectivity index (χ1) is 10.1. The Bertz CT molecular complexity index is 604. The van der Waals surface area contributed by atoms with Gasteiger partial charge in [-0.3, -0.25) is 4.79 Å². The Balaban J connectivity index is 2.06. The quantitative estimate of drug-likeness (QED) is 0.737. The average molecular weight is 389 g/mol. The van der Waals surface area contributed by atoms with Crippen molar-refractivity contribution >= 4 is 44.8 Å². The molecule has 0 spiro atoms. The summed E-state index contributed by atoms with van der Waals surface area (Å²) in [7, 11) is 1.40. The highest BCUT2D eigenvalue weighted by Gasteiger charge is 2.17. The standard InChI is InChI=1S/C15H15BrClNO2S/c1-20-15(19)8-13(14-3-2-6-21-14)18-9-10-4-5-11(16)7-12(10)17/h2-7,13,18H,8-9H2,1H3. The van der Waals surface area contributed by atoms with Crippen LogP contribution >= 0.6 is 38.9 Å². The van der Waals surface area contributed by atoms with E-state index in [2.05, 4.69) is 21.2 Å². The number of hydrogen-bond acceptors (Lipinski definition) is 4. The molecule has 3 nitrogen and oxygen atoms in total. The van der Waals surface area contributed by atoms with Crippen LogP contribution in [0.2, 0.25) is 5.02 Å². The van der Waals surface area contributed by atoms with Crippen molar-refractivity contribution in [3.63, 3.8) is 0 Å². The van der Waals surface area contributed by atoms with Crippen LogP contribution in [-0.4, -0.2) is 13.1 Å². The fourth-order valence-corrected chi connectivity index (χ4v) is 3.45. The maximum atomic E-state index is 11.6. The summed E-state index contributed by atoms with van der Waals surface area (Å²) in [5.41, 5.74) is 0.992. The average Bonchev–Trinajstić information content (AvgIpc) is 2.98. The number of ether oxygens (including phenoxy) is 1. The number of carbonyl (C=O) groups is 1. The van der Waals surface area contributed by atoms with Crippen LogP contribution in [0.15, 0.2) is 40.2 Å². The minimum Gasteiger partial charge on any atom is -0.469 e. The summed E-state index contributed by atoms with van der Waals surface area (Å²) < 4.78 is 5.71. The molecule has 0 aliphatic rings. The van der Waals surface area contributed by atoms with Gasteiger partial charge in [-0.2, -0.15) is 0 Å². The summed E-state index contributed by atoms with van der Waals surface area (Å²) in [5.74, 6) is -0.234. The zero-order valence-corrected chi connectivity index (χ0v) is 14.6. The van der Waals surface area contributed by atoms with E-state index in [0.29, 0.717) is 18.0 Å². The van der Waals surface area contributed by atoms with E-state index in [4.69, 9.17) is 16.3 Å². The van der Waals surface area contributed by atoms with Crippen LogP contribution in [0.4, 0.5) is 0 Å². The number of hydrogen-bond donors (Lipinski definition) is 1. The van der Waals surface area contributed by atoms with Crippen LogP contribution in [0.5, 0.6) is 0 Å². The van der Waals surface area contributed by atoms with Gasteiger partial charge in [-0.05, 0) is 29.1 Å². The molecule has 112 valence electrons. The van der Waals surface area contributed by atoms with Crippen LogP contribution < -0.4 is 5.32 Å². The van der Waals surface area contributed by atoms with E-state index >= 15 is 0 Å². The van der Waals surface area contributed by atoms with Crippen molar-refractivity contribution in [1.82, 2.24) is 5.32 Å². The van der Waals surface area contributed by atoms with Gasteiger partial charge in [0, 0.05) is 20.9 Å². The molecule has 1 unspecified atom stereocenters. The Kier molecular flexibility index (Phi) is 6.23. The van der Waals surface area contributed by atoms with E-state index in [0.717, 1.165) is 14.9 Å². The third kappa shape index (κ3) is 4.81. The Morgan fingerprint density at radius 2 is 2.29 bits per heavy atom. The highest BCUT2D eigenvalue weighted by atomic mass is 79.9. The van der Waals surface area contributed by atoms with E-state index in [1.807, 2.05) is 35.7 Å². The van der Waals surface area contributed by atoms with Gasteiger partial charge in [-0.15, -0.1) is 11.3 Å². The minimum absolute atomic E-state index is 0.0721. The number of thiophene rings is 1. The van der Waals surface area contributed by atoms with Crippen LogP contribution in [0.25, 0.3) is 0 Å². The molecule has 0 fully saturated rings. The van der Waals surface area contributed by atoms with Crippen LogP contribution in [0.1, 0.15) is 22.9 Å². The molecule has 1 atom stereocenters. The van der Waals surface area contributed by atoms with Crippen molar-refractivity contribution in [2.45, 2.75) is 19.0 Å². The first-order valence-electron chi connectivity index (χ1n) is 6.37. The maximum Gasteiger partial charge on any atom is 0.307 e. The molecule has 1 aromatic heterocycles. The summed E-state index contributed by atoms with van der Waals surface area (Å²) in [4.78, 5) is 12.7. The summed E-state index contributed by atoms with van der Waals surface area (Å²) in [5, 5.41) is 6.06. The number of halogens is 2. The number of nitrogens with one attached hydrogen (secondary N) is 1. The van der Waals surface area contributed by atoms with Gasteiger partial charge in [0.2, 0.25) is 0 Å². The molecule has 0 saturated carbocycles. The number of rotatable bonds is 6. The lowest BCUT2D eigenvalue weighted by Gasteiger charge is -2.17. The summed E-state index contributed by atoms with van der Waals surface area (Å²) in [6.45, 7) is 0.589. The number of benzene rings is 1. The molecule has 0 bridgehead atoms. The van der Waals surface area contributed by atoms with Crippen molar-refractivity contribution < 1.29 is 9.53 Å². The second-order valence-corrected chi connectivity index (χ2v) is 6.77. The molecule has 0 aliphatic carbocycles. The monoisotopic (exact) mass is 387 g/mol. The molecule has 0 radical (unpaired) electrons. The second-order valence-electron chi connectivity index (χ2n) is 4.46. The Labute approximate surface area is 141 Å². The predicted octanol–water partition coefficient (Wildman–Crippen LogP) is 4.56. The normalized spacial score (nSPS) is 12.1. The molecule has 1 heterocycles. The van der Waals surface area contributed by atoms with Crippen molar-refractivity contribution in [2.75, 3.05) is 7.11 Å². The first-order valence-corrected chi connectivity index (χ1v) is 8.42. The SMILES string of the molecule is COC(=O)CC(NCc1ccc(Br)cc1Cl)c1cccs1. The summed E-state index contributed by atoms with van der Waals surface area (Å²) in [6.07, 6.45) is 0.297. The molecule has 0 aliphatic heterocycles. The van der Waals surface area contributed by atoms with Gasteiger partial charge in [0.15, 0.2) is 0 Å². The van der Waals surface area contributed by atoms with Gasteiger partial charge in [0.25, 0.3) is 0 Å². The molecule has 2 rings (SSSR count). The molecule has 0 saturated heterocycles. The zero-order chi connectivity index (χ0) is 15.2. The van der Waals surface area contributed by atoms with Crippen molar-refractivity contribution in [3.05, 3.63) is 55.6 Å². The fraction of sp³-hybridized carbons (Fsp3) is 0.267. The molecule has 21 heavy (non-hydrogen) atoms. The molecular weight excluding hydrogens is 374 g/mol. The van der Waals surface area contributed by atoms with Gasteiger partial charge in [-0.1, -0.05) is 39.7 Å². The smallest absolute Gasteiger partial charge is 0.307 e. The lowest BCUT2D eigenvalue weighted by molar-refractivity contribution is -0.141. The third-order valence-corrected chi connectivity index (χ3v) is 4.87. The number of esters is 1. The molecule has 1 N–H and O–H groups in total. The highest BCUT2D eigenvalue weighted by Crippen LogP contribution is 2.25. The lowest BCUT2D eigenvalue weighted by atomic mass is 10.1. The predicted molar refractivity (Wildman–Crippen MR) is 89.7 cm³/mol. The zero-order valence-electron chi connectivity index (χ0n) is 11.4. The number of carbonyl (C=O) groups excluding carboxylic acids is 1. The van der Waals surface area contributed by atoms with Crippen molar-refractivity contribution in [2.24, 2.45) is 0 Å². The number of methoxy groups -OCH3 is 1. The minimum atomic E-state index is -0.234. The Morgan fingerprint density at radius 3 is 2.90 bits per heavy atom. The van der Waals surface area contributed by atoms with Crippen LogP contribution in [0.3, 0.4) is 0 Å². The van der Waals surface area contributed by atoms with E-state index in [1.165, 1.54) is 7.11 Å². The third-order valence-electron chi connectivity index (χ3n) is 3.04. The van der Waals surface area contributed by atoms with Gasteiger partial charge < -0.3 is 10.1 Å². The summed E-state index contributed by atoms with van der Waals surface area (Å²) in [6, 6.07) is 9.68. The lowest BCUT2D eigenvalue weighted by Crippen LogP contribution is -2.23. The fourth-order valence-electron chi connectivity index (χ4n) is 1.91. The van der Waals surface area contributed by atoms with Crippen molar-refractivity contribution in [3.8, 4) is 0 Å². The molecule has 0 amide bonds. The molecule has 1 aromatic carbocycles.